The van der Waals surface area contributed by atoms with E-state index in [-0.39, 0.29) is 0 Å². The normalized spacial score (nSPS) is 19.4. The summed E-state index contributed by atoms with van der Waals surface area (Å²) in [7, 11) is 0. The Labute approximate surface area is 112 Å². The Bertz CT molecular complexity index is 543. The van der Waals surface area contributed by atoms with Crippen molar-refractivity contribution in [1.82, 2.24) is 25.3 Å². The minimum atomic E-state index is 0.392. The lowest BCUT2D eigenvalue weighted by atomic mass is 10.2. The van der Waals surface area contributed by atoms with Gasteiger partial charge in [-0.2, -0.15) is 0 Å². The Kier molecular flexibility index (Phi) is 3.33. The van der Waals surface area contributed by atoms with Crippen LogP contribution in [-0.2, 0) is 0 Å². The summed E-state index contributed by atoms with van der Waals surface area (Å²) < 4.78 is 0. The standard InChI is InChI=1S/C13H20N6/c1-9(2)19(6-10-4-3-5-14-10)13-11-12(16-7-15-11)17-8-18-13/h7-10,14H,3-6H2,1-2H3,(H,15,16,17,18). The van der Waals surface area contributed by atoms with Crippen LogP contribution in [0.1, 0.15) is 26.7 Å². The van der Waals surface area contributed by atoms with E-state index in [0.717, 1.165) is 30.1 Å². The van der Waals surface area contributed by atoms with Gasteiger partial charge in [0.25, 0.3) is 0 Å². The van der Waals surface area contributed by atoms with Crippen LogP contribution in [0.4, 0.5) is 5.82 Å². The monoisotopic (exact) mass is 260 g/mol. The van der Waals surface area contributed by atoms with Gasteiger partial charge in [-0.25, -0.2) is 15.0 Å². The predicted molar refractivity (Wildman–Crippen MR) is 75.2 cm³/mol. The van der Waals surface area contributed by atoms with Gasteiger partial charge < -0.3 is 15.2 Å². The number of aromatic amines is 1. The molecule has 1 saturated heterocycles. The lowest BCUT2D eigenvalue weighted by molar-refractivity contribution is 0.550. The molecule has 6 heteroatoms. The zero-order valence-corrected chi connectivity index (χ0v) is 11.4. The first kappa shape index (κ1) is 12.3. The van der Waals surface area contributed by atoms with E-state index in [1.807, 2.05) is 0 Å². The predicted octanol–water partition coefficient (Wildman–Crippen LogP) is 1.32. The van der Waals surface area contributed by atoms with Crippen LogP contribution in [0, 0.1) is 0 Å². The zero-order chi connectivity index (χ0) is 13.2. The highest BCUT2D eigenvalue weighted by molar-refractivity contribution is 5.82. The number of nitrogens with one attached hydrogen (secondary N) is 2. The van der Waals surface area contributed by atoms with Gasteiger partial charge in [0, 0.05) is 18.6 Å². The molecule has 2 N–H and O–H groups in total. The third-order valence-electron chi connectivity index (χ3n) is 3.68. The average molecular weight is 260 g/mol. The van der Waals surface area contributed by atoms with Crippen molar-refractivity contribution < 1.29 is 0 Å². The molecule has 0 saturated carbocycles. The second-order valence-electron chi connectivity index (χ2n) is 5.34. The Morgan fingerprint density at radius 3 is 3.00 bits per heavy atom. The fraction of sp³-hybridized carbons (Fsp3) is 0.615. The molecule has 3 rings (SSSR count). The fourth-order valence-corrected chi connectivity index (χ4v) is 2.66. The van der Waals surface area contributed by atoms with E-state index < -0.39 is 0 Å². The number of anilines is 1. The number of imidazole rings is 1. The van der Waals surface area contributed by atoms with Crippen molar-refractivity contribution in [2.75, 3.05) is 18.0 Å². The first-order chi connectivity index (χ1) is 9.25. The van der Waals surface area contributed by atoms with Crippen LogP contribution in [0.2, 0.25) is 0 Å². The summed E-state index contributed by atoms with van der Waals surface area (Å²) in [5.74, 6) is 0.950. The van der Waals surface area contributed by atoms with Crippen molar-refractivity contribution >= 4 is 17.0 Å². The van der Waals surface area contributed by atoms with E-state index in [0.29, 0.717) is 12.1 Å². The Morgan fingerprint density at radius 1 is 1.37 bits per heavy atom. The summed E-state index contributed by atoms with van der Waals surface area (Å²) >= 11 is 0. The van der Waals surface area contributed by atoms with Gasteiger partial charge in [-0.1, -0.05) is 0 Å². The molecule has 1 unspecified atom stereocenters. The smallest absolute Gasteiger partial charge is 0.182 e. The Balaban J connectivity index is 1.92. The first-order valence-corrected chi connectivity index (χ1v) is 6.90. The zero-order valence-electron chi connectivity index (χ0n) is 11.4. The summed E-state index contributed by atoms with van der Waals surface area (Å²) in [6.07, 6.45) is 5.77. The molecule has 1 fully saturated rings. The lowest BCUT2D eigenvalue weighted by Gasteiger charge is -2.30. The first-order valence-electron chi connectivity index (χ1n) is 6.90. The molecule has 0 amide bonds. The van der Waals surface area contributed by atoms with Crippen LogP contribution >= 0.6 is 0 Å². The van der Waals surface area contributed by atoms with Gasteiger partial charge >= 0.3 is 0 Å². The Morgan fingerprint density at radius 2 is 2.26 bits per heavy atom. The fourth-order valence-electron chi connectivity index (χ4n) is 2.66. The van der Waals surface area contributed by atoms with Crippen molar-refractivity contribution in [2.45, 2.75) is 38.8 Å². The lowest BCUT2D eigenvalue weighted by Crippen LogP contribution is -2.42. The van der Waals surface area contributed by atoms with Crippen LogP contribution < -0.4 is 10.2 Å². The summed E-state index contributed by atoms with van der Waals surface area (Å²) in [4.78, 5) is 18.3. The van der Waals surface area contributed by atoms with Crippen molar-refractivity contribution in [1.29, 1.82) is 0 Å². The molecular weight excluding hydrogens is 240 g/mol. The van der Waals surface area contributed by atoms with Gasteiger partial charge in [0.15, 0.2) is 11.5 Å². The number of rotatable bonds is 4. The topological polar surface area (TPSA) is 69.7 Å². The van der Waals surface area contributed by atoms with E-state index in [1.165, 1.54) is 12.8 Å². The van der Waals surface area contributed by atoms with Crippen molar-refractivity contribution in [3.05, 3.63) is 12.7 Å². The third-order valence-corrected chi connectivity index (χ3v) is 3.68. The molecule has 0 aromatic carbocycles. The number of fused-ring (bicyclic) bond motifs is 1. The second-order valence-corrected chi connectivity index (χ2v) is 5.34. The quantitative estimate of drug-likeness (QED) is 0.867. The molecule has 6 nitrogen and oxygen atoms in total. The molecule has 0 radical (unpaired) electrons. The number of aromatic nitrogens is 4. The minimum absolute atomic E-state index is 0.392. The molecule has 0 bridgehead atoms. The molecule has 2 aromatic rings. The maximum Gasteiger partial charge on any atom is 0.182 e. The van der Waals surface area contributed by atoms with E-state index in [9.17, 15) is 0 Å². The van der Waals surface area contributed by atoms with E-state index in [1.54, 1.807) is 12.7 Å². The summed E-state index contributed by atoms with van der Waals surface area (Å²) in [6, 6.07) is 0.944. The van der Waals surface area contributed by atoms with Crippen molar-refractivity contribution in [3.63, 3.8) is 0 Å². The second kappa shape index (κ2) is 5.13. The summed E-state index contributed by atoms with van der Waals surface area (Å²) in [5, 5.41) is 3.54. The molecule has 1 aliphatic heterocycles. The van der Waals surface area contributed by atoms with Crippen LogP contribution in [0.5, 0.6) is 0 Å². The molecule has 1 atom stereocenters. The Hall–Kier alpha value is -1.69. The highest BCUT2D eigenvalue weighted by atomic mass is 15.2. The number of hydrogen-bond donors (Lipinski definition) is 2. The van der Waals surface area contributed by atoms with Crippen LogP contribution in [0.25, 0.3) is 11.2 Å². The SMILES string of the molecule is CC(C)N(CC1CCCN1)c1ncnc2nc[nH]c12. The average Bonchev–Trinajstić information content (AvgIpc) is 3.06. The molecular formula is C13H20N6. The highest BCUT2D eigenvalue weighted by Gasteiger charge is 2.22. The van der Waals surface area contributed by atoms with Gasteiger partial charge in [-0.05, 0) is 33.2 Å². The van der Waals surface area contributed by atoms with Gasteiger partial charge in [0.05, 0.1) is 6.33 Å². The molecule has 19 heavy (non-hydrogen) atoms. The maximum absolute atomic E-state index is 4.46. The van der Waals surface area contributed by atoms with Gasteiger partial charge in [0.1, 0.15) is 11.8 Å². The number of nitrogens with zero attached hydrogens (tertiary/aromatic N) is 4. The van der Waals surface area contributed by atoms with Crippen molar-refractivity contribution in [3.8, 4) is 0 Å². The molecule has 102 valence electrons. The largest absolute Gasteiger partial charge is 0.351 e. The maximum atomic E-state index is 4.46. The van der Waals surface area contributed by atoms with Gasteiger partial charge in [0.2, 0.25) is 0 Å². The third kappa shape index (κ3) is 2.40. The number of H-pyrrole nitrogens is 1. The van der Waals surface area contributed by atoms with Crippen LogP contribution in [0.3, 0.4) is 0 Å². The van der Waals surface area contributed by atoms with Crippen molar-refractivity contribution in [2.24, 2.45) is 0 Å². The minimum Gasteiger partial charge on any atom is -0.351 e. The van der Waals surface area contributed by atoms with E-state index in [4.69, 9.17) is 0 Å². The summed E-state index contributed by atoms with van der Waals surface area (Å²) in [6.45, 7) is 6.49. The summed E-state index contributed by atoms with van der Waals surface area (Å²) in [5.41, 5.74) is 1.66. The van der Waals surface area contributed by atoms with Gasteiger partial charge in [-0.3, -0.25) is 0 Å². The molecule has 0 spiro atoms. The highest BCUT2D eigenvalue weighted by Crippen LogP contribution is 2.22. The molecule has 0 aliphatic carbocycles. The van der Waals surface area contributed by atoms with Crippen LogP contribution in [-0.4, -0.2) is 45.1 Å². The van der Waals surface area contributed by atoms with E-state index >= 15 is 0 Å². The van der Waals surface area contributed by atoms with E-state index in [2.05, 4.69) is 44.0 Å². The molecule has 3 heterocycles. The van der Waals surface area contributed by atoms with Crippen LogP contribution in [0.15, 0.2) is 12.7 Å². The van der Waals surface area contributed by atoms with Gasteiger partial charge in [-0.15, -0.1) is 0 Å². The molecule has 2 aromatic heterocycles. The molecule has 1 aliphatic rings. The number of hydrogen-bond acceptors (Lipinski definition) is 5.